The maximum absolute atomic E-state index is 11.4. The van der Waals surface area contributed by atoms with Gasteiger partial charge in [-0.25, -0.2) is 4.79 Å². The summed E-state index contributed by atoms with van der Waals surface area (Å²) >= 11 is 2.27. The number of hydrogen-bond acceptors (Lipinski definition) is 2. The van der Waals surface area contributed by atoms with Gasteiger partial charge in [-0.2, -0.15) is 0 Å². The normalized spacial score (nSPS) is 13.9. The smallest absolute Gasteiger partial charge is 0.407 e. The fourth-order valence-electron chi connectivity index (χ4n) is 0.842. The Morgan fingerprint density at radius 2 is 1.93 bits per heavy atom. The van der Waals surface area contributed by atoms with Gasteiger partial charge in [0.05, 0.1) is 0 Å². The van der Waals surface area contributed by atoms with Crippen molar-refractivity contribution in [3.05, 3.63) is 0 Å². The van der Waals surface area contributed by atoms with E-state index >= 15 is 0 Å². The molecule has 0 aliphatic rings. The summed E-state index contributed by atoms with van der Waals surface area (Å²) in [6.45, 7) is 9.75. The highest BCUT2D eigenvalue weighted by Gasteiger charge is 2.20. The van der Waals surface area contributed by atoms with E-state index in [9.17, 15) is 4.79 Å². The van der Waals surface area contributed by atoms with Crippen LogP contribution in [0.2, 0.25) is 0 Å². The molecule has 0 spiro atoms. The van der Waals surface area contributed by atoms with Crippen LogP contribution in [0.4, 0.5) is 4.79 Å². The van der Waals surface area contributed by atoms with Gasteiger partial charge in [0.15, 0.2) is 0 Å². The standard InChI is InChI=1S/C10H20INO2/c1-7(2)8(6-11)12-9(13)14-10(3,4)5/h7-8H,6H2,1-5H3,(H,12,13). The summed E-state index contributed by atoms with van der Waals surface area (Å²) in [4.78, 5) is 11.4. The van der Waals surface area contributed by atoms with Crippen LogP contribution < -0.4 is 5.32 Å². The lowest BCUT2D eigenvalue weighted by Crippen LogP contribution is -2.42. The molecule has 0 radical (unpaired) electrons. The fourth-order valence-corrected chi connectivity index (χ4v) is 2.08. The third-order valence-corrected chi connectivity index (χ3v) is 2.62. The second-order valence-corrected chi connectivity index (χ2v) is 5.53. The molecule has 14 heavy (non-hydrogen) atoms. The highest BCUT2D eigenvalue weighted by atomic mass is 127. The minimum absolute atomic E-state index is 0.186. The monoisotopic (exact) mass is 313 g/mol. The molecule has 0 rings (SSSR count). The van der Waals surface area contributed by atoms with E-state index in [1.54, 1.807) is 0 Å². The van der Waals surface area contributed by atoms with Gasteiger partial charge >= 0.3 is 6.09 Å². The lowest BCUT2D eigenvalue weighted by Gasteiger charge is -2.24. The van der Waals surface area contributed by atoms with Crippen molar-refractivity contribution in [3.8, 4) is 0 Å². The first-order chi connectivity index (χ1) is 6.26. The van der Waals surface area contributed by atoms with Crippen LogP contribution in [-0.4, -0.2) is 22.2 Å². The van der Waals surface area contributed by atoms with Crippen LogP contribution in [0.3, 0.4) is 0 Å². The van der Waals surface area contributed by atoms with Crippen molar-refractivity contribution in [2.75, 3.05) is 4.43 Å². The summed E-state index contributed by atoms with van der Waals surface area (Å²) in [5.41, 5.74) is -0.420. The van der Waals surface area contributed by atoms with Crippen LogP contribution in [-0.2, 0) is 4.74 Å². The predicted molar refractivity (Wildman–Crippen MR) is 66.9 cm³/mol. The first-order valence-electron chi connectivity index (χ1n) is 4.81. The molecule has 0 aromatic carbocycles. The minimum atomic E-state index is -0.420. The van der Waals surface area contributed by atoms with Gasteiger partial charge in [-0.15, -0.1) is 0 Å². The number of alkyl halides is 1. The molecule has 3 nitrogen and oxygen atoms in total. The van der Waals surface area contributed by atoms with Gasteiger partial charge in [-0.1, -0.05) is 36.4 Å². The Kier molecular flexibility index (Phi) is 5.78. The Morgan fingerprint density at radius 3 is 2.21 bits per heavy atom. The van der Waals surface area contributed by atoms with Crippen LogP contribution >= 0.6 is 22.6 Å². The number of carbonyl (C=O) groups excluding carboxylic acids is 1. The minimum Gasteiger partial charge on any atom is -0.444 e. The van der Waals surface area contributed by atoms with Crippen LogP contribution in [0.1, 0.15) is 34.6 Å². The number of carbonyl (C=O) groups is 1. The van der Waals surface area contributed by atoms with Crippen molar-refractivity contribution in [2.24, 2.45) is 5.92 Å². The van der Waals surface area contributed by atoms with Gasteiger partial charge in [0.25, 0.3) is 0 Å². The Morgan fingerprint density at radius 1 is 1.43 bits per heavy atom. The van der Waals surface area contributed by atoms with Crippen LogP contribution in [0.5, 0.6) is 0 Å². The fraction of sp³-hybridized carbons (Fsp3) is 0.900. The zero-order valence-electron chi connectivity index (χ0n) is 9.56. The molecule has 0 fully saturated rings. The first-order valence-corrected chi connectivity index (χ1v) is 6.34. The maximum Gasteiger partial charge on any atom is 0.407 e. The highest BCUT2D eigenvalue weighted by molar-refractivity contribution is 14.1. The molecule has 0 aliphatic heterocycles. The number of halogens is 1. The van der Waals surface area contributed by atoms with E-state index in [-0.39, 0.29) is 12.1 Å². The third-order valence-electron chi connectivity index (χ3n) is 1.67. The number of rotatable bonds is 3. The van der Waals surface area contributed by atoms with E-state index in [1.807, 2.05) is 20.8 Å². The van der Waals surface area contributed by atoms with Crippen LogP contribution in [0.15, 0.2) is 0 Å². The molecule has 84 valence electrons. The number of ether oxygens (including phenoxy) is 1. The third kappa shape index (κ3) is 6.45. The molecule has 4 heteroatoms. The molecule has 1 N–H and O–H groups in total. The summed E-state index contributed by atoms with van der Waals surface area (Å²) in [6.07, 6.45) is -0.326. The summed E-state index contributed by atoms with van der Waals surface area (Å²) in [5.74, 6) is 0.430. The second-order valence-electron chi connectivity index (χ2n) is 4.65. The van der Waals surface area contributed by atoms with Crippen molar-refractivity contribution in [2.45, 2.75) is 46.3 Å². The van der Waals surface area contributed by atoms with E-state index in [4.69, 9.17) is 4.74 Å². The first kappa shape index (κ1) is 14.0. The average molecular weight is 313 g/mol. The van der Waals surface area contributed by atoms with Crippen molar-refractivity contribution >= 4 is 28.7 Å². The Balaban J connectivity index is 4.04. The molecule has 0 saturated heterocycles. The highest BCUT2D eigenvalue weighted by Crippen LogP contribution is 2.09. The van der Waals surface area contributed by atoms with Gasteiger partial charge in [0.1, 0.15) is 5.60 Å². The Hall–Kier alpha value is 0. The van der Waals surface area contributed by atoms with E-state index < -0.39 is 5.60 Å². The largest absolute Gasteiger partial charge is 0.444 e. The number of nitrogens with one attached hydrogen (secondary N) is 1. The Labute approximate surface area is 100 Å². The molecule has 0 saturated carbocycles. The number of hydrogen-bond donors (Lipinski definition) is 1. The summed E-state index contributed by atoms with van der Waals surface area (Å²) < 4.78 is 6.06. The topological polar surface area (TPSA) is 38.3 Å². The van der Waals surface area contributed by atoms with Crippen molar-refractivity contribution in [1.29, 1.82) is 0 Å². The molecule has 1 amide bonds. The second kappa shape index (κ2) is 5.78. The van der Waals surface area contributed by atoms with Gasteiger partial charge in [-0.05, 0) is 26.7 Å². The van der Waals surface area contributed by atoms with Crippen molar-refractivity contribution < 1.29 is 9.53 Å². The summed E-state index contributed by atoms with van der Waals surface area (Å²) in [5, 5.41) is 2.85. The molecule has 1 unspecified atom stereocenters. The lowest BCUT2D eigenvalue weighted by molar-refractivity contribution is 0.0498. The predicted octanol–water partition coefficient (Wildman–Crippen LogP) is 2.97. The molecule has 0 aromatic rings. The van der Waals surface area contributed by atoms with Crippen molar-refractivity contribution in [1.82, 2.24) is 5.32 Å². The van der Waals surface area contributed by atoms with Crippen LogP contribution in [0.25, 0.3) is 0 Å². The van der Waals surface area contributed by atoms with Gasteiger partial charge in [0.2, 0.25) is 0 Å². The van der Waals surface area contributed by atoms with Crippen LogP contribution in [0, 0.1) is 5.92 Å². The summed E-state index contributed by atoms with van der Waals surface area (Å²) in [7, 11) is 0. The number of alkyl carbamates (subject to hydrolysis) is 1. The molecule has 0 heterocycles. The van der Waals surface area contributed by atoms with E-state index in [2.05, 4.69) is 41.8 Å². The van der Waals surface area contributed by atoms with E-state index in [1.165, 1.54) is 0 Å². The summed E-state index contributed by atoms with van der Waals surface area (Å²) in [6, 6.07) is 0.186. The Bertz CT molecular complexity index is 187. The van der Waals surface area contributed by atoms with E-state index in [0.29, 0.717) is 5.92 Å². The van der Waals surface area contributed by atoms with Crippen molar-refractivity contribution in [3.63, 3.8) is 0 Å². The molecule has 1 atom stereocenters. The SMILES string of the molecule is CC(C)C(CI)NC(=O)OC(C)(C)C. The van der Waals surface area contributed by atoms with Gasteiger partial charge < -0.3 is 10.1 Å². The molecule has 0 aromatic heterocycles. The number of amides is 1. The average Bonchev–Trinajstić information content (AvgIpc) is 1.96. The quantitative estimate of drug-likeness (QED) is 0.642. The zero-order chi connectivity index (χ0) is 11.4. The molecular formula is C10H20INO2. The van der Waals surface area contributed by atoms with Gasteiger partial charge in [-0.3, -0.25) is 0 Å². The maximum atomic E-state index is 11.4. The molecule has 0 aliphatic carbocycles. The van der Waals surface area contributed by atoms with Gasteiger partial charge in [0, 0.05) is 10.5 Å². The zero-order valence-corrected chi connectivity index (χ0v) is 11.7. The molecular weight excluding hydrogens is 293 g/mol. The van der Waals surface area contributed by atoms with E-state index in [0.717, 1.165) is 4.43 Å². The lowest BCUT2D eigenvalue weighted by atomic mass is 10.1. The molecule has 0 bridgehead atoms.